The Kier molecular flexibility index (Phi) is 4.13. The molecule has 1 heterocycles. The summed E-state index contributed by atoms with van der Waals surface area (Å²) in [4.78, 5) is 25.5. The van der Waals surface area contributed by atoms with Crippen LogP contribution < -0.4 is 0 Å². The molecule has 0 aromatic rings. The topological polar surface area (TPSA) is 66.8 Å². The lowest BCUT2D eigenvalue weighted by atomic mass is 9.99. The molecule has 1 N–H and O–H groups in total. The van der Waals surface area contributed by atoms with E-state index in [9.17, 15) is 9.59 Å². The van der Waals surface area contributed by atoms with Gasteiger partial charge in [-0.3, -0.25) is 9.59 Å². The third kappa shape index (κ3) is 2.61. The first kappa shape index (κ1) is 14.3. The molecule has 1 aliphatic heterocycles. The van der Waals surface area contributed by atoms with Crippen molar-refractivity contribution in [3.63, 3.8) is 0 Å². The molecule has 2 atom stereocenters. The Labute approximate surface area is 113 Å². The Hall–Kier alpha value is -1.10. The van der Waals surface area contributed by atoms with E-state index in [4.69, 9.17) is 9.84 Å². The molecule has 0 radical (unpaired) electrons. The summed E-state index contributed by atoms with van der Waals surface area (Å²) >= 11 is 0. The van der Waals surface area contributed by atoms with E-state index >= 15 is 0 Å². The summed E-state index contributed by atoms with van der Waals surface area (Å²) in [6.07, 6.45) is 3.56. The third-order valence-electron chi connectivity index (χ3n) is 4.44. The van der Waals surface area contributed by atoms with E-state index in [1.54, 1.807) is 4.90 Å². The number of carbonyl (C=O) groups excluding carboxylic acids is 1. The van der Waals surface area contributed by atoms with Crippen molar-refractivity contribution in [1.82, 2.24) is 4.90 Å². The van der Waals surface area contributed by atoms with Gasteiger partial charge in [0.05, 0.1) is 5.92 Å². The monoisotopic (exact) mass is 269 g/mol. The maximum absolute atomic E-state index is 12.7. The predicted molar refractivity (Wildman–Crippen MR) is 69.7 cm³/mol. The minimum Gasteiger partial charge on any atom is -0.481 e. The molecule has 19 heavy (non-hydrogen) atoms. The first-order valence-electron chi connectivity index (χ1n) is 7.16. The van der Waals surface area contributed by atoms with Gasteiger partial charge in [-0.05, 0) is 38.5 Å². The fraction of sp³-hybridized carbons (Fsp3) is 0.857. The lowest BCUT2D eigenvalue weighted by Crippen LogP contribution is -2.48. The normalized spacial score (nSPS) is 29.7. The number of amides is 1. The Morgan fingerprint density at radius 2 is 1.95 bits per heavy atom. The zero-order valence-corrected chi connectivity index (χ0v) is 11.7. The number of likely N-dealkylation sites (tertiary alicyclic amines) is 1. The molecule has 108 valence electrons. The molecule has 1 saturated carbocycles. The molecule has 5 heteroatoms. The summed E-state index contributed by atoms with van der Waals surface area (Å²) in [5.41, 5.74) is -0.679. The highest BCUT2D eigenvalue weighted by Gasteiger charge is 2.47. The van der Waals surface area contributed by atoms with E-state index in [2.05, 4.69) is 0 Å². The van der Waals surface area contributed by atoms with Crippen LogP contribution in [-0.2, 0) is 14.3 Å². The van der Waals surface area contributed by atoms with E-state index in [1.165, 1.54) is 0 Å². The summed E-state index contributed by atoms with van der Waals surface area (Å²) in [5.74, 6) is -1.23. The van der Waals surface area contributed by atoms with Crippen LogP contribution in [0.1, 0.15) is 39.5 Å². The van der Waals surface area contributed by atoms with Crippen molar-refractivity contribution in [2.45, 2.75) is 45.1 Å². The number of nitrogens with zero attached hydrogens (tertiary/aromatic N) is 1. The smallest absolute Gasteiger partial charge is 0.308 e. The second kappa shape index (κ2) is 5.49. The SMILES string of the molecule is CCOC1(C(=O)N2C[C@@H](C)[C@H](C(=O)O)C2)CCCC1. The zero-order valence-electron chi connectivity index (χ0n) is 11.7. The van der Waals surface area contributed by atoms with Crippen LogP contribution in [0.3, 0.4) is 0 Å². The number of hydrogen-bond donors (Lipinski definition) is 1. The van der Waals surface area contributed by atoms with Crippen LogP contribution >= 0.6 is 0 Å². The highest BCUT2D eigenvalue weighted by Crippen LogP contribution is 2.37. The third-order valence-corrected chi connectivity index (χ3v) is 4.44. The van der Waals surface area contributed by atoms with Gasteiger partial charge in [0.2, 0.25) is 0 Å². The summed E-state index contributed by atoms with van der Waals surface area (Å²) in [5, 5.41) is 9.15. The number of carbonyl (C=O) groups is 2. The zero-order chi connectivity index (χ0) is 14.0. The Morgan fingerprint density at radius 3 is 2.42 bits per heavy atom. The van der Waals surface area contributed by atoms with Gasteiger partial charge in [0.15, 0.2) is 0 Å². The minimum absolute atomic E-state index is 0.00227. The highest BCUT2D eigenvalue weighted by atomic mass is 16.5. The molecule has 5 nitrogen and oxygen atoms in total. The molecule has 2 rings (SSSR count). The van der Waals surface area contributed by atoms with Gasteiger partial charge in [-0.15, -0.1) is 0 Å². The van der Waals surface area contributed by atoms with Gasteiger partial charge in [-0.1, -0.05) is 6.92 Å². The number of hydrogen-bond acceptors (Lipinski definition) is 3. The molecule has 0 unspecified atom stereocenters. The second-order valence-corrected chi connectivity index (χ2v) is 5.77. The molecule has 1 aliphatic carbocycles. The molecule has 0 bridgehead atoms. The Morgan fingerprint density at radius 1 is 1.32 bits per heavy atom. The minimum atomic E-state index is -0.806. The van der Waals surface area contributed by atoms with Gasteiger partial charge < -0.3 is 14.7 Å². The van der Waals surface area contributed by atoms with Crippen LogP contribution in [0.15, 0.2) is 0 Å². The summed E-state index contributed by atoms with van der Waals surface area (Å²) < 4.78 is 5.76. The number of carboxylic acid groups (broad SMARTS) is 1. The fourth-order valence-corrected chi connectivity index (χ4v) is 3.38. The van der Waals surface area contributed by atoms with Crippen LogP contribution in [0.5, 0.6) is 0 Å². The first-order valence-corrected chi connectivity index (χ1v) is 7.16. The quantitative estimate of drug-likeness (QED) is 0.840. The van der Waals surface area contributed by atoms with Crippen molar-refractivity contribution in [2.24, 2.45) is 11.8 Å². The van der Waals surface area contributed by atoms with Gasteiger partial charge in [-0.2, -0.15) is 0 Å². The van der Waals surface area contributed by atoms with Crippen molar-refractivity contribution in [1.29, 1.82) is 0 Å². The van der Waals surface area contributed by atoms with Gasteiger partial charge >= 0.3 is 5.97 Å². The molecular formula is C14H23NO4. The number of ether oxygens (including phenoxy) is 1. The van der Waals surface area contributed by atoms with E-state index < -0.39 is 17.5 Å². The molecule has 0 spiro atoms. The maximum Gasteiger partial charge on any atom is 0.308 e. The Balaban J connectivity index is 2.09. The standard InChI is InChI=1S/C14H23NO4/c1-3-19-14(6-4-5-7-14)13(18)15-8-10(2)11(9-15)12(16)17/h10-11H,3-9H2,1-2H3,(H,16,17)/t10-,11-/m1/s1. The molecule has 0 aromatic carbocycles. The molecule has 2 aliphatic rings. The molecular weight excluding hydrogens is 246 g/mol. The van der Waals surface area contributed by atoms with Gasteiger partial charge in [0.25, 0.3) is 5.91 Å². The van der Waals surface area contributed by atoms with Crippen molar-refractivity contribution >= 4 is 11.9 Å². The Bertz CT molecular complexity index is 362. The first-order chi connectivity index (χ1) is 9.00. The van der Waals surface area contributed by atoms with Crippen molar-refractivity contribution in [3.05, 3.63) is 0 Å². The van der Waals surface area contributed by atoms with Gasteiger partial charge in [0, 0.05) is 19.7 Å². The molecule has 1 amide bonds. The van der Waals surface area contributed by atoms with Crippen LogP contribution in [0.4, 0.5) is 0 Å². The average Bonchev–Trinajstić information content (AvgIpc) is 2.96. The van der Waals surface area contributed by atoms with Gasteiger partial charge in [-0.25, -0.2) is 0 Å². The maximum atomic E-state index is 12.7. The fourth-order valence-electron chi connectivity index (χ4n) is 3.38. The van der Waals surface area contributed by atoms with E-state index in [0.717, 1.165) is 25.7 Å². The molecule has 0 aromatic heterocycles. The highest BCUT2D eigenvalue weighted by molar-refractivity contribution is 5.86. The van der Waals surface area contributed by atoms with E-state index in [0.29, 0.717) is 19.7 Å². The van der Waals surface area contributed by atoms with Crippen LogP contribution in [0.2, 0.25) is 0 Å². The number of carboxylic acids is 1. The largest absolute Gasteiger partial charge is 0.481 e. The molecule has 1 saturated heterocycles. The van der Waals surface area contributed by atoms with E-state index in [1.807, 2.05) is 13.8 Å². The van der Waals surface area contributed by atoms with Crippen molar-refractivity contribution < 1.29 is 19.4 Å². The summed E-state index contributed by atoms with van der Waals surface area (Å²) in [6.45, 7) is 5.18. The van der Waals surface area contributed by atoms with Crippen LogP contribution in [0.25, 0.3) is 0 Å². The van der Waals surface area contributed by atoms with Crippen molar-refractivity contribution in [2.75, 3.05) is 19.7 Å². The predicted octanol–water partition coefficient (Wildman–Crippen LogP) is 1.51. The number of aliphatic carboxylic acids is 1. The second-order valence-electron chi connectivity index (χ2n) is 5.77. The average molecular weight is 269 g/mol. The molecule has 2 fully saturated rings. The summed E-state index contributed by atoms with van der Waals surface area (Å²) in [6, 6.07) is 0. The number of rotatable bonds is 4. The van der Waals surface area contributed by atoms with Crippen LogP contribution in [-0.4, -0.2) is 47.2 Å². The lowest BCUT2D eigenvalue weighted by Gasteiger charge is -2.32. The van der Waals surface area contributed by atoms with E-state index in [-0.39, 0.29) is 11.8 Å². The van der Waals surface area contributed by atoms with Crippen LogP contribution in [0, 0.1) is 11.8 Å². The summed E-state index contributed by atoms with van der Waals surface area (Å²) in [7, 11) is 0. The van der Waals surface area contributed by atoms with Crippen molar-refractivity contribution in [3.8, 4) is 0 Å². The van der Waals surface area contributed by atoms with Gasteiger partial charge in [0.1, 0.15) is 5.60 Å². The lowest BCUT2D eigenvalue weighted by molar-refractivity contribution is -0.156.